The molecule has 0 heterocycles. The van der Waals surface area contributed by atoms with Gasteiger partial charge < -0.3 is 16.1 Å². The maximum atomic E-state index is 7.00. The molecule has 0 spiro atoms. The number of rotatable bonds is 0. The van der Waals surface area contributed by atoms with Crippen LogP contribution in [0.1, 0.15) is 21.3 Å². The zero-order valence-corrected chi connectivity index (χ0v) is 29.5. The molecule has 0 amide bonds. The Bertz CT molecular complexity index is 48.9. The monoisotopic (exact) mass is 1040 g/mol. The molecule has 0 fully saturated rings. The van der Waals surface area contributed by atoms with E-state index >= 15 is 0 Å². The Kier molecular flexibility index (Phi) is 4390. The molecule has 0 atom stereocenters. The number of halogens is 8. The first-order valence-corrected chi connectivity index (χ1v) is 6.45. The molecule has 0 aromatic heterocycles. The Morgan fingerprint density at radius 3 is 0.609 bits per heavy atom. The largest absolute Gasteiger partial charge is 0.412 e. The Morgan fingerprint density at radius 1 is 0.609 bits per heavy atom. The van der Waals surface area contributed by atoms with E-state index in [2.05, 4.69) is 66.6 Å². The third-order valence-corrected chi connectivity index (χ3v) is 0. The third-order valence-electron chi connectivity index (χ3n) is 0. The van der Waals surface area contributed by atoms with Crippen LogP contribution in [0.15, 0.2) is 0 Å². The van der Waals surface area contributed by atoms with E-state index in [0.717, 1.165) is 7.11 Å². The zero-order chi connectivity index (χ0) is 14.0. The Labute approximate surface area is 253 Å². The van der Waals surface area contributed by atoms with Gasteiger partial charge in [0.05, 0.1) is 0 Å². The maximum absolute atomic E-state index is 7.00. The summed E-state index contributed by atoms with van der Waals surface area (Å²) in [7, 11) is 17.4. The van der Waals surface area contributed by atoms with E-state index in [1.807, 2.05) is 13.8 Å². The summed E-state index contributed by atoms with van der Waals surface area (Å²) >= 11 is 9.28. The van der Waals surface area contributed by atoms with Crippen LogP contribution in [0.5, 0.6) is 0 Å². The van der Waals surface area contributed by atoms with Crippen LogP contribution in [0.2, 0.25) is 0 Å². The quantitative estimate of drug-likeness (QED) is 0.345. The van der Waals surface area contributed by atoms with Gasteiger partial charge in [-0.2, -0.15) is 0 Å². The van der Waals surface area contributed by atoms with Crippen molar-refractivity contribution in [1.82, 2.24) is 0 Å². The summed E-state index contributed by atoms with van der Waals surface area (Å²) in [5.74, 6) is 0. The van der Waals surface area contributed by atoms with Gasteiger partial charge in [-0.25, -0.2) is 0 Å². The van der Waals surface area contributed by atoms with Crippen molar-refractivity contribution in [1.29, 1.82) is 0 Å². The number of hydrogen-bond donors (Lipinski definition) is 1. The molecule has 2 radical (unpaired) electrons. The molecule has 0 aromatic carbocycles. The van der Waals surface area contributed by atoms with Crippen LogP contribution in [-0.2, 0) is 37.1 Å². The van der Waals surface area contributed by atoms with E-state index in [-0.39, 0.29) is 143 Å². The van der Waals surface area contributed by atoms with Crippen molar-refractivity contribution in [2.75, 3.05) is 19.9 Å². The minimum atomic E-state index is 0. The SMILES string of the molecule is C.CC.CCl.CCl.CO.Cl.Cl.ClCl.ClCl.O.O.O=O.[U].[U].[V].[V]. The molecule has 17 heteroatoms. The molecule has 0 saturated carbocycles. The van der Waals surface area contributed by atoms with Gasteiger partial charge in [0.25, 0.3) is 0 Å². The van der Waals surface area contributed by atoms with Crippen molar-refractivity contribution in [3.8, 4) is 0 Å². The summed E-state index contributed by atoms with van der Waals surface area (Å²) in [4.78, 5) is 14.0. The summed E-state index contributed by atoms with van der Waals surface area (Å²) in [6.45, 7) is 4.00. The Hall–Kier alpha value is 5.07. The van der Waals surface area contributed by atoms with Crippen molar-refractivity contribution < 1.29 is 115 Å². The van der Waals surface area contributed by atoms with Crippen LogP contribution in [0, 0.1) is 72.2 Å². The fraction of sp³-hybridized carbons (Fsp3) is 1.00. The molecule has 0 aromatic rings. The van der Waals surface area contributed by atoms with Gasteiger partial charge >= 0.3 is 0 Å². The molecular formula is C6H26Cl8O5U2V2. The summed E-state index contributed by atoms with van der Waals surface area (Å²) in [5, 5.41) is 7.00. The van der Waals surface area contributed by atoms with Crippen LogP contribution in [0.3, 0.4) is 0 Å². The Balaban J connectivity index is -0.00000000167. The maximum Gasteiger partial charge on any atom is 0.0319 e. The van der Waals surface area contributed by atoms with Crippen LogP contribution in [-0.4, -0.2) is 35.9 Å². The summed E-state index contributed by atoms with van der Waals surface area (Å²) in [6, 6.07) is 0. The summed E-state index contributed by atoms with van der Waals surface area (Å²) in [5.41, 5.74) is 0. The Morgan fingerprint density at radius 2 is 0.609 bits per heavy atom. The van der Waals surface area contributed by atoms with Crippen LogP contribution >= 0.6 is 91.4 Å². The van der Waals surface area contributed by atoms with Crippen molar-refractivity contribution >= 4 is 91.4 Å². The van der Waals surface area contributed by atoms with Crippen LogP contribution in [0.25, 0.3) is 0 Å². The van der Waals surface area contributed by atoms with Gasteiger partial charge in [0.2, 0.25) is 0 Å². The van der Waals surface area contributed by atoms with E-state index in [1.54, 1.807) is 0 Å². The minimum absolute atomic E-state index is 0. The van der Waals surface area contributed by atoms with Crippen LogP contribution in [0.4, 0.5) is 0 Å². The predicted octanol–water partition coefficient (Wildman–Crippen LogP) is 5.00. The van der Waals surface area contributed by atoms with Gasteiger partial charge in [-0.1, -0.05) is 21.3 Å². The second-order valence-electron chi connectivity index (χ2n) is 0. The molecule has 0 aliphatic carbocycles. The van der Waals surface area contributed by atoms with Gasteiger partial charge in [-0.3, -0.25) is 0 Å². The fourth-order valence-electron chi connectivity index (χ4n) is 0. The normalized spacial score (nSPS) is 1.74. The fourth-order valence-corrected chi connectivity index (χ4v) is 0. The van der Waals surface area contributed by atoms with E-state index in [1.165, 1.54) is 12.8 Å². The number of aliphatic hydroxyl groups excluding tert-OH is 1. The molecule has 23 heavy (non-hydrogen) atoms. The number of aliphatic hydroxyl groups is 1. The smallest absolute Gasteiger partial charge is 0.0319 e. The number of alkyl halides is 2. The van der Waals surface area contributed by atoms with E-state index in [4.69, 9.17) is 15.0 Å². The number of hydrogen-bond acceptors (Lipinski definition) is 3. The summed E-state index contributed by atoms with van der Waals surface area (Å²) < 4.78 is 0. The van der Waals surface area contributed by atoms with Gasteiger partial charge in [0, 0.05) is 173 Å². The molecule has 0 rings (SSSR count). The van der Waals surface area contributed by atoms with E-state index < -0.39 is 0 Å². The first-order chi connectivity index (χ1) is 7.00. The second kappa shape index (κ2) is 715. The molecular weight excluding hydrogens is 1010 g/mol. The zero-order valence-electron chi connectivity index (χ0n) is 12.2. The standard InChI is InChI=1S/C2H6.2CH3Cl.CH4O.CH4.2Cl2.2ClH.O2.2H2O.2U.2V/c4*1-2;;2*1-2;;;1-2;;;;;;/h1-2H3;2*1H3;2H,1H3;1H4;;;2*1H;;2*1H2;;;;. The minimum Gasteiger partial charge on any atom is -0.412 e. The predicted molar refractivity (Wildman–Crippen MR) is 102 cm³/mol. The van der Waals surface area contributed by atoms with Gasteiger partial charge in [0.1, 0.15) is 0 Å². The first-order valence-electron chi connectivity index (χ1n) is 2.66. The molecule has 0 unspecified atom stereocenters. The molecule has 0 bridgehead atoms. The second-order valence-corrected chi connectivity index (χ2v) is 0. The third kappa shape index (κ3) is 661. The van der Waals surface area contributed by atoms with E-state index in [0.29, 0.717) is 0 Å². The summed E-state index contributed by atoms with van der Waals surface area (Å²) in [6.07, 6.45) is 2.94. The molecule has 0 aliphatic heterocycles. The van der Waals surface area contributed by atoms with Crippen molar-refractivity contribution in [3.63, 3.8) is 0 Å². The molecule has 154 valence electrons. The molecule has 5 N–H and O–H groups in total. The van der Waals surface area contributed by atoms with E-state index in [9.17, 15) is 0 Å². The van der Waals surface area contributed by atoms with Gasteiger partial charge in [0.15, 0.2) is 0 Å². The first kappa shape index (κ1) is 141. The molecule has 5 nitrogen and oxygen atoms in total. The van der Waals surface area contributed by atoms with Crippen LogP contribution < -0.4 is 0 Å². The van der Waals surface area contributed by atoms with Crippen molar-refractivity contribution in [3.05, 3.63) is 9.93 Å². The molecule has 0 saturated heterocycles. The van der Waals surface area contributed by atoms with Crippen molar-refractivity contribution in [2.24, 2.45) is 0 Å². The van der Waals surface area contributed by atoms with Gasteiger partial charge in [-0.15, -0.1) is 48.0 Å². The molecule has 0 aliphatic rings. The topological polar surface area (TPSA) is 117 Å². The van der Waals surface area contributed by atoms with Crippen molar-refractivity contribution in [2.45, 2.75) is 21.3 Å². The average Bonchev–Trinajstić information content (AvgIpc) is 2.45. The van der Waals surface area contributed by atoms with Gasteiger partial charge in [-0.05, 0) is 0 Å². The average molecular weight is 1040 g/mol.